The zero-order valence-electron chi connectivity index (χ0n) is 19.0. The summed E-state index contributed by atoms with van der Waals surface area (Å²) in [6.45, 7) is 5.66. The highest BCUT2D eigenvalue weighted by Gasteiger charge is 2.21. The van der Waals surface area contributed by atoms with Crippen molar-refractivity contribution in [1.82, 2.24) is 4.72 Å². The van der Waals surface area contributed by atoms with Crippen molar-refractivity contribution in [3.8, 4) is 11.8 Å². The van der Waals surface area contributed by atoms with Crippen molar-refractivity contribution in [2.75, 3.05) is 25.6 Å². The molecule has 0 fully saturated rings. The van der Waals surface area contributed by atoms with Crippen molar-refractivity contribution in [2.45, 2.75) is 38.0 Å². The number of nitriles is 1. The van der Waals surface area contributed by atoms with Gasteiger partial charge in [-0.15, -0.1) is 0 Å². The molecule has 9 nitrogen and oxygen atoms in total. The van der Waals surface area contributed by atoms with E-state index in [9.17, 15) is 18.0 Å². The van der Waals surface area contributed by atoms with E-state index >= 15 is 0 Å². The Bertz CT molecular complexity index is 1170. The maximum Gasteiger partial charge on any atom is 0.397 e. The molecule has 2 aromatic carbocycles. The Morgan fingerprint density at radius 3 is 2.48 bits per heavy atom. The quantitative estimate of drug-likeness (QED) is 0.422. The number of carbonyl (C=O) groups excluding carboxylic acids is 2. The normalized spacial score (nSPS) is 11.0. The summed E-state index contributed by atoms with van der Waals surface area (Å²) >= 11 is 0. The molecule has 0 saturated heterocycles. The Kier molecular flexibility index (Phi) is 8.96. The van der Waals surface area contributed by atoms with E-state index in [-0.39, 0.29) is 41.7 Å². The second-order valence-electron chi connectivity index (χ2n) is 7.37. The lowest BCUT2D eigenvalue weighted by Crippen LogP contribution is -2.28. The third kappa shape index (κ3) is 6.78. The number of esters is 1. The number of hydrogen-bond donors (Lipinski definition) is 2. The van der Waals surface area contributed by atoms with Crippen molar-refractivity contribution < 1.29 is 27.5 Å². The number of rotatable bonds is 9. The molecule has 0 aliphatic carbocycles. The van der Waals surface area contributed by atoms with Crippen LogP contribution in [-0.2, 0) is 30.8 Å². The third-order valence-corrected chi connectivity index (χ3v) is 6.26. The van der Waals surface area contributed by atoms with Gasteiger partial charge in [-0.25, -0.2) is 17.9 Å². The highest BCUT2D eigenvalue weighted by molar-refractivity contribution is 7.89. The molecule has 0 aromatic heterocycles. The van der Waals surface area contributed by atoms with Crippen LogP contribution in [0.4, 0.5) is 5.69 Å². The molecular weight excluding hydrogens is 446 g/mol. The number of nitrogens with zero attached hydrogens (tertiary/aromatic N) is 1. The summed E-state index contributed by atoms with van der Waals surface area (Å²) < 4.78 is 37.9. The molecule has 0 saturated carbocycles. The number of nitrogens with one attached hydrogen (secondary N) is 2. The van der Waals surface area contributed by atoms with Gasteiger partial charge in [-0.1, -0.05) is 26.0 Å². The fourth-order valence-corrected chi connectivity index (χ4v) is 4.24. The molecular formula is C23H27N3O6S. The minimum atomic E-state index is -3.97. The summed E-state index contributed by atoms with van der Waals surface area (Å²) in [6, 6.07) is 11.4. The van der Waals surface area contributed by atoms with E-state index in [0.29, 0.717) is 11.3 Å². The number of ether oxygens (including phenoxy) is 2. The molecule has 0 atom stereocenters. The number of hydrogen-bond acceptors (Lipinski definition) is 7. The second-order valence-corrected chi connectivity index (χ2v) is 9.11. The zero-order chi connectivity index (χ0) is 24.6. The van der Waals surface area contributed by atoms with E-state index in [1.807, 2.05) is 26.0 Å². The second kappa shape index (κ2) is 11.4. The van der Waals surface area contributed by atoms with Gasteiger partial charge in [0.2, 0.25) is 10.0 Å². The molecule has 176 valence electrons. The van der Waals surface area contributed by atoms with E-state index in [1.165, 1.54) is 25.3 Å². The number of anilines is 1. The summed E-state index contributed by atoms with van der Waals surface area (Å²) in [5, 5.41) is 11.6. The molecule has 0 aliphatic heterocycles. The monoisotopic (exact) mass is 473 g/mol. The largest absolute Gasteiger partial charge is 0.495 e. The first kappa shape index (κ1) is 25.8. The maximum absolute atomic E-state index is 12.8. The van der Waals surface area contributed by atoms with Gasteiger partial charge in [0.15, 0.2) is 0 Å². The van der Waals surface area contributed by atoms with Gasteiger partial charge in [0.05, 0.1) is 25.3 Å². The van der Waals surface area contributed by atoms with Crippen LogP contribution in [0, 0.1) is 11.3 Å². The summed E-state index contributed by atoms with van der Waals surface area (Å²) in [4.78, 5) is 23.7. The Morgan fingerprint density at radius 2 is 1.88 bits per heavy atom. The van der Waals surface area contributed by atoms with Crippen molar-refractivity contribution in [3.63, 3.8) is 0 Å². The van der Waals surface area contributed by atoms with Crippen LogP contribution in [0.5, 0.6) is 5.75 Å². The lowest BCUT2D eigenvalue weighted by Gasteiger charge is -2.15. The first-order chi connectivity index (χ1) is 15.6. The van der Waals surface area contributed by atoms with Crippen LogP contribution in [0.3, 0.4) is 0 Å². The molecule has 33 heavy (non-hydrogen) atoms. The Morgan fingerprint density at radius 1 is 1.15 bits per heavy atom. The summed E-state index contributed by atoms with van der Waals surface area (Å²) in [5.74, 6) is -1.61. The standard InChI is InChI=1S/C23H27N3O6S/c1-5-32-23(28)22(27)26-19-13-18(15(2)3)8-7-17(19)10-11-25-33(29,30)21-12-16(14-24)6-9-20(21)31-4/h6-9,12-13,15,25H,5,10-11H2,1-4H3,(H,26,27). The van der Waals surface area contributed by atoms with Gasteiger partial charge < -0.3 is 14.8 Å². The Balaban J connectivity index is 2.23. The molecule has 1 amide bonds. The highest BCUT2D eigenvalue weighted by Crippen LogP contribution is 2.26. The predicted octanol–water partition coefficient (Wildman–Crippen LogP) is 2.71. The van der Waals surface area contributed by atoms with E-state index in [0.717, 1.165) is 5.56 Å². The van der Waals surface area contributed by atoms with Gasteiger partial charge in [-0.3, -0.25) is 4.79 Å². The van der Waals surface area contributed by atoms with Crippen LogP contribution in [0.25, 0.3) is 0 Å². The lowest BCUT2D eigenvalue weighted by molar-refractivity contribution is -0.152. The molecule has 2 rings (SSSR count). The van der Waals surface area contributed by atoms with E-state index < -0.39 is 21.9 Å². The minimum absolute atomic E-state index is 0.00553. The lowest BCUT2D eigenvalue weighted by atomic mass is 9.99. The van der Waals surface area contributed by atoms with Gasteiger partial charge >= 0.3 is 11.9 Å². The summed E-state index contributed by atoms with van der Waals surface area (Å²) in [6.07, 6.45) is 0.232. The molecule has 0 bridgehead atoms. The molecule has 0 aliphatic rings. The SMILES string of the molecule is CCOC(=O)C(=O)Nc1cc(C(C)C)ccc1CCNS(=O)(=O)c1cc(C#N)ccc1OC. The molecule has 2 N–H and O–H groups in total. The van der Waals surface area contributed by atoms with Gasteiger partial charge in [-0.05, 0) is 54.7 Å². The van der Waals surface area contributed by atoms with Gasteiger partial charge in [0, 0.05) is 12.2 Å². The molecule has 2 aromatic rings. The number of carbonyl (C=O) groups is 2. The van der Waals surface area contributed by atoms with E-state index in [1.54, 1.807) is 19.1 Å². The Hall–Kier alpha value is -3.42. The maximum atomic E-state index is 12.8. The number of benzene rings is 2. The van der Waals surface area contributed by atoms with Crippen LogP contribution < -0.4 is 14.8 Å². The first-order valence-electron chi connectivity index (χ1n) is 10.3. The fraction of sp³-hybridized carbons (Fsp3) is 0.348. The van der Waals surface area contributed by atoms with Crippen molar-refractivity contribution in [1.29, 1.82) is 5.26 Å². The zero-order valence-corrected chi connectivity index (χ0v) is 19.8. The molecule has 0 spiro atoms. The molecule has 0 heterocycles. The molecule has 0 radical (unpaired) electrons. The molecule has 0 unspecified atom stereocenters. The predicted molar refractivity (Wildman–Crippen MR) is 122 cm³/mol. The van der Waals surface area contributed by atoms with Crippen LogP contribution in [0.2, 0.25) is 0 Å². The first-order valence-corrected chi connectivity index (χ1v) is 11.8. The summed E-state index contributed by atoms with van der Waals surface area (Å²) in [7, 11) is -2.63. The average Bonchev–Trinajstić information content (AvgIpc) is 2.79. The van der Waals surface area contributed by atoms with Gasteiger partial charge in [0.25, 0.3) is 0 Å². The number of amides is 1. The molecule has 10 heteroatoms. The minimum Gasteiger partial charge on any atom is -0.495 e. The summed E-state index contributed by atoms with van der Waals surface area (Å²) in [5.41, 5.74) is 2.17. The average molecular weight is 474 g/mol. The number of sulfonamides is 1. The fourth-order valence-electron chi connectivity index (χ4n) is 3.01. The van der Waals surface area contributed by atoms with Crippen LogP contribution >= 0.6 is 0 Å². The topological polar surface area (TPSA) is 135 Å². The van der Waals surface area contributed by atoms with Crippen molar-refractivity contribution in [2.24, 2.45) is 0 Å². The third-order valence-electron chi connectivity index (χ3n) is 4.78. The van der Waals surface area contributed by atoms with Crippen molar-refractivity contribution in [3.05, 3.63) is 53.1 Å². The van der Waals surface area contributed by atoms with Crippen LogP contribution in [0.15, 0.2) is 41.3 Å². The van der Waals surface area contributed by atoms with Crippen LogP contribution in [0.1, 0.15) is 43.4 Å². The van der Waals surface area contributed by atoms with E-state index in [2.05, 4.69) is 10.0 Å². The Labute approximate surface area is 193 Å². The highest BCUT2D eigenvalue weighted by atomic mass is 32.2. The number of methoxy groups -OCH3 is 1. The smallest absolute Gasteiger partial charge is 0.397 e. The van der Waals surface area contributed by atoms with Gasteiger partial charge in [-0.2, -0.15) is 5.26 Å². The van der Waals surface area contributed by atoms with Crippen LogP contribution in [-0.4, -0.2) is 40.6 Å². The van der Waals surface area contributed by atoms with E-state index in [4.69, 9.17) is 14.7 Å². The van der Waals surface area contributed by atoms with Crippen molar-refractivity contribution >= 4 is 27.6 Å². The van der Waals surface area contributed by atoms with Gasteiger partial charge in [0.1, 0.15) is 10.6 Å².